The van der Waals surface area contributed by atoms with E-state index >= 15 is 0 Å². The number of aromatic nitrogens is 2. The molecule has 2 aromatic carbocycles. The fraction of sp³-hybridized carbons (Fsp3) is 0.238. The van der Waals surface area contributed by atoms with E-state index in [0.717, 1.165) is 12.8 Å². The number of nitro benzene ring substituents is 1. The number of carbonyl (C=O) groups excluding carboxylic acids is 1. The first-order valence-corrected chi connectivity index (χ1v) is 9.51. The highest BCUT2D eigenvalue weighted by molar-refractivity contribution is 6.06. The number of hydrazone groups is 1. The van der Waals surface area contributed by atoms with Gasteiger partial charge in [-0.2, -0.15) is 10.2 Å². The maximum atomic E-state index is 12.8. The molecule has 0 unspecified atom stereocenters. The summed E-state index contributed by atoms with van der Waals surface area (Å²) in [6.07, 6.45) is 1.66. The average Bonchev–Trinajstić information content (AvgIpc) is 2.77. The van der Waals surface area contributed by atoms with Crippen molar-refractivity contribution in [3.63, 3.8) is 0 Å². The maximum absolute atomic E-state index is 12.8. The van der Waals surface area contributed by atoms with E-state index in [4.69, 9.17) is 0 Å². The molecule has 0 saturated heterocycles. The lowest BCUT2D eigenvalue weighted by molar-refractivity contribution is -0.384. The number of unbranched alkanes of at least 4 members (excludes halogenated alkanes) is 1. The molecule has 1 aromatic heterocycles. The van der Waals surface area contributed by atoms with E-state index in [-0.39, 0.29) is 16.9 Å². The van der Waals surface area contributed by atoms with E-state index < -0.39 is 10.8 Å². The molecule has 1 amide bonds. The van der Waals surface area contributed by atoms with Crippen molar-refractivity contribution in [2.24, 2.45) is 5.10 Å². The number of hydrogen-bond donors (Lipinski definition) is 1. The summed E-state index contributed by atoms with van der Waals surface area (Å²) >= 11 is 0. The predicted octanol–water partition coefficient (Wildman–Crippen LogP) is 3.26. The lowest BCUT2D eigenvalue weighted by Gasteiger charge is -2.10. The van der Waals surface area contributed by atoms with Crippen molar-refractivity contribution >= 4 is 28.1 Å². The van der Waals surface area contributed by atoms with Gasteiger partial charge in [0.1, 0.15) is 0 Å². The Labute approximate surface area is 172 Å². The quantitative estimate of drug-likeness (QED) is 0.366. The minimum absolute atomic E-state index is 0.0272. The third-order valence-corrected chi connectivity index (χ3v) is 4.63. The summed E-state index contributed by atoms with van der Waals surface area (Å²) in [7, 11) is 0. The van der Waals surface area contributed by atoms with E-state index in [0.29, 0.717) is 28.6 Å². The molecule has 30 heavy (non-hydrogen) atoms. The second-order valence-corrected chi connectivity index (χ2v) is 6.72. The third-order valence-electron chi connectivity index (χ3n) is 4.63. The minimum atomic E-state index is -0.544. The van der Waals surface area contributed by atoms with E-state index in [1.165, 1.54) is 16.8 Å². The van der Waals surface area contributed by atoms with Gasteiger partial charge < -0.3 is 0 Å². The highest BCUT2D eigenvalue weighted by atomic mass is 16.6. The van der Waals surface area contributed by atoms with Gasteiger partial charge in [-0.1, -0.05) is 31.5 Å². The number of carbonyl (C=O) groups is 1. The lowest BCUT2D eigenvalue weighted by atomic mass is 10.1. The number of hydrogen-bond acceptors (Lipinski definition) is 6. The molecule has 0 atom stereocenters. The zero-order valence-electron chi connectivity index (χ0n) is 16.7. The molecule has 0 fully saturated rings. The number of amides is 1. The number of nitrogens with zero attached hydrogens (tertiary/aromatic N) is 4. The number of fused-ring (bicyclic) bond motifs is 1. The Hall–Kier alpha value is -3.88. The smallest absolute Gasteiger partial charge is 0.267 e. The Morgan fingerprint density at radius 3 is 2.47 bits per heavy atom. The number of nitro groups is 1. The maximum Gasteiger partial charge on any atom is 0.292 e. The van der Waals surface area contributed by atoms with Gasteiger partial charge in [0.05, 0.1) is 16.0 Å². The topological polar surface area (TPSA) is 119 Å². The zero-order valence-corrected chi connectivity index (χ0v) is 16.7. The van der Waals surface area contributed by atoms with E-state index in [1.807, 2.05) is 6.92 Å². The van der Waals surface area contributed by atoms with Crippen LogP contribution >= 0.6 is 0 Å². The summed E-state index contributed by atoms with van der Waals surface area (Å²) in [5, 5.41) is 20.0. The molecule has 3 rings (SSSR count). The highest BCUT2D eigenvalue weighted by Crippen LogP contribution is 2.14. The second kappa shape index (κ2) is 9.08. The van der Waals surface area contributed by atoms with Crippen LogP contribution in [-0.2, 0) is 6.54 Å². The third kappa shape index (κ3) is 4.40. The second-order valence-electron chi connectivity index (χ2n) is 6.72. The van der Waals surface area contributed by atoms with Crippen LogP contribution in [0.2, 0.25) is 0 Å². The van der Waals surface area contributed by atoms with Crippen LogP contribution in [0.1, 0.15) is 42.7 Å². The van der Waals surface area contributed by atoms with Crippen LogP contribution in [0.25, 0.3) is 10.8 Å². The first-order chi connectivity index (χ1) is 14.4. The van der Waals surface area contributed by atoms with E-state index in [1.54, 1.807) is 43.3 Å². The predicted molar refractivity (Wildman–Crippen MR) is 114 cm³/mol. The summed E-state index contributed by atoms with van der Waals surface area (Å²) < 4.78 is 1.31. The minimum Gasteiger partial charge on any atom is -0.267 e. The van der Waals surface area contributed by atoms with Crippen LogP contribution < -0.4 is 11.0 Å². The van der Waals surface area contributed by atoms with Crippen molar-refractivity contribution < 1.29 is 9.72 Å². The van der Waals surface area contributed by atoms with Gasteiger partial charge in [-0.15, -0.1) is 0 Å². The monoisotopic (exact) mass is 407 g/mol. The molecule has 0 aliphatic heterocycles. The Kier molecular flexibility index (Phi) is 6.31. The number of rotatable bonds is 7. The van der Waals surface area contributed by atoms with Gasteiger partial charge in [-0.05, 0) is 37.1 Å². The van der Waals surface area contributed by atoms with Crippen LogP contribution in [0.15, 0.2) is 58.4 Å². The summed E-state index contributed by atoms with van der Waals surface area (Å²) in [4.78, 5) is 35.7. The Morgan fingerprint density at radius 1 is 1.17 bits per heavy atom. The normalized spacial score (nSPS) is 11.5. The molecule has 3 aromatic rings. The van der Waals surface area contributed by atoms with Gasteiger partial charge >= 0.3 is 0 Å². The van der Waals surface area contributed by atoms with Gasteiger partial charge in [0.15, 0.2) is 5.69 Å². The number of aryl methyl sites for hydroxylation is 1. The molecule has 0 bridgehead atoms. The molecule has 9 heteroatoms. The van der Waals surface area contributed by atoms with Crippen LogP contribution in [0, 0.1) is 10.1 Å². The summed E-state index contributed by atoms with van der Waals surface area (Å²) in [6, 6.07) is 12.7. The highest BCUT2D eigenvalue weighted by Gasteiger charge is 2.16. The zero-order chi connectivity index (χ0) is 21.7. The van der Waals surface area contributed by atoms with Crippen LogP contribution in [-0.4, -0.2) is 26.3 Å². The van der Waals surface area contributed by atoms with Crippen LogP contribution in [0.3, 0.4) is 0 Å². The van der Waals surface area contributed by atoms with Crippen molar-refractivity contribution in [1.82, 2.24) is 15.2 Å². The molecule has 0 spiro atoms. The number of nitrogens with one attached hydrogen (secondary N) is 1. The number of benzene rings is 2. The van der Waals surface area contributed by atoms with Gasteiger partial charge in [-0.3, -0.25) is 19.7 Å². The fourth-order valence-corrected chi connectivity index (χ4v) is 2.94. The van der Waals surface area contributed by atoms with Gasteiger partial charge in [0.2, 0.25) is 0 Å². The summed E-state index contributed by atoms with van der Waals surface area (Å²) in [6.45, 7) is 4.11. The largest absolute Gasteiger partial charge is 0.292 e. The van der Waals surface area contributed by atoms with Gasteiger partial charge in [0, 0.05) is 24.1 Å². The molecule has 0 saturated carbocycles. The molecule has 1 heterocycles. The van der Waals surface area contributed by atoms with Crippen LogP contribution in [0.4, 0.5) is 5.69 Å². The lowest BCUT2D eigenvalue weighted by Crippen LogP contribution is -2.29. The van der Waals surface area contributed by atoms with Crippen molar-refractivity contribution in [2.45, 2.75) is 33.2 Å². The van der Waals surface area contributed by atoms with Crippen molar-refractivity contribution in [3.05, 3.63) is 80.3 Å². The van der Waals surface area contributed by atoms with Crippen molar-refractivity contribution in [3.8, 4) is 0 Å². The van der Waals surface area contributed by atoms with Crippen LogP contribution in [0.5, 0.6) is 0 Å². The van der Waals surface area contributed by atoms with Gasteiger partial charge in [-0.25, -0.2) is 10.1 Å². The molecule has 0 aliphatic carbocycles. The molecule has 0 aliphatic rings. The first-order valence-electron chi connectivity index (χ1n) is 9.51. The van der Waals surface area contributed by atoms with Crippen molar-refractivity contribution in [1.29, 1.82) is 0 Å². The molecular formula is C21H21N5O4. The SMILES string of the molecule is CCCCn1nc(C(=O)N/N=C(/C)c2ccc([N+](=O)[O-])cc2)c2ccccc2c1=O. The molecule has 0 radical (unpaired) electrons. The van der Waals surface area contributed by atoms with E-state index in [2.05, 4.69) is 15.6 Å². The summed E-state index contributed by atoms with van der Waals surface area (Å²) in [5.74, 6) is -0.544. The summed E-state index contributed by atoms with van der Waals surface area (Å²) in [5.41, 5.74) is 3.42. The molecular weight excluding hydrogens is 386 g/mol. The molecule has 1 N–H and O–H groups in total. The Morgan fingerprint density at radius 2 is 1.83 bits per heavy atom. The Bertz CT molecular complexity index is 1180. The molecule has 154 valence electrons. The fourth-order valence-electron chi connectivity index (χ4n) is 2.94. The average molecular weight is 407 g/mol. The van der Waals surface area contributed by atoms with Gasteiger partial charge in [0.25, 0.3) is 17.2 Å². The van der Waals surface area contributed by atoms with Crippen molar-refractivity contribution in [2.75, 3.05) is 0 Å². The number of non-ortho nitro benzene ring substituents is 1. The van der Waals surface area contributed by atoms with E-state index in [9.17, 15) is 19.7 Å². The molecule has 9 nitrogen and oxygen atoms in total. The Balaban J connectivity index is 1.90. The standard InChI is InChI=1S/C21H21N5O4/c1-3-4-13-25-21(28)18-8-6-5-7-17(18)19(24-25)20(27)23-22-14(2)15-9-11-16(12-10-15)26(29)30/h5-12H,3-4,13H2,1-2H3,(H,23,27)/b22-14-. The first kappa shape index (κ1) is 20.8.